The van der Waals surface area contributed by atoms with E-state index in [1.165, 1.54) is 133 Å². The van der Waals surface area contributed by atoms with Crippen LogP contribution in [0.2, 0.25) is 0 Å². The lowest BCUT2D eigenvalue weighted by Gasteiger charge is -2.57. The number of anilines is 3. The Morgan fingerprint density at radius 1 is 0.280 bits per heavy atom. The Balaban J connectivity index is 0.963. The van der Waals surface area contributed by atoms with Crippen molar-refractivity contribution >= 4 is 38.6 Å². The molecule has 11 aromatic carbocycles. The van der Waals surface area contributed by atoms with Crippen molar-refractivity contribution in [3.63, 3.8) is 0 Å². The van der Waals surface area contributed by atoms with E-state index in [9.17, 15) is 0 Å². The smallest absolute Gasteiger partial charge is 0.0720 e. The molecule has 0 saturated heterocycles. The van der Waals surface area contributed by atoms with Crippen LogP contribution in [-0.4, -0.2) is 0 Å². The third-order valence-electron chi connectivity index (χ3n) is 19.2. The first-order chi connectivity index (χ1) is 37.1. The van der Waals surface area contributed by atoms with Gasteiger partial charge < -0.3 is 4.90 Å². The van der Waals surface area contributed by atoms with Crippen LogP contribution in [0.5, 0.6) is 0 Å². The molecule has 75 heavy (non-hydrogen) atoms. The number of hydrogen-bond donors (Lipinski definition) is 0. The van der Waals surface area contributed by atoms with Gasteiger partial charge in [-0.15, -0.1) is 0 Å². The molecule has 0 aromatic heterocycles. The molecule has 1 heteroatoms. The average Bonchev–Trinajstić information content (AvgIpc) is 4.09. The van der Waals surface area contributed by atoms with E-state index in [0.29, 0.717) is 5.41 Å². The largest absolute Gasteiger partial charge is 0.310 e. The van der Waals surface area contributed by atoms with Crippen LogP contribution in [0.4, 0.5) is 17.1 Å². The molecule has 0 spiro atoms. The van der Waals surface area contributed by atoms with Gasteiger partial charge in [0.25, 0.3) is 0 Å². The van der Waals surface area contributed by atoms with Crippen molar-refractivity contribution in [3.05, 3.63) is 305 Å². The van der Waals surface area contributed by atoms with Crippen molar-refractivity contribution < 1.29 is 0 Å². The van der Waals surface area contributed by atoms with Gasteiger partial charge in [-0.2, -0.15) is 0 Å². The molecule has 0 aliphatic heterocycles. The lowest BCUT2D eigenvalue weighted by Crippen LogP contribution is -2.48. The number of hydrogen-bond acceptors (Lipinski definition) is 1. The lowest BCUT2D eigenvalue weighted by molar-refractivity contribution is -0.00518. The molecule has 2 unspecified atom stereocenters. The Hall–Kier alpha value is -8.26. The summed E-state index contributed by atoms with van der Waals surface area (Å²) in [5.74, 6) is 2.66. The van der Waals surface area contributed by atoms with Gasteiger partial charge >= 0.3 is 0 Å². The first-order valence-corrected chi connectivity index (χ1v) is 27.6. The summed E-state index contributed by atoms with van der Waals surface area (Å²) in [5.41, 5.74) is 19.7. The summed E-state index contributed by atoms with van der Waals surface area (Å²) >= 11 is 0. The third kappa shape index (κ3) is 6.13. The molecule has 4 fully saturated rings. The standard InChI is InChI=1S/C74H57N/c1-3-21-55(22-4-1)73(66-31-15-19-52-17-7-9-25-60(52)66)68-29-13-11-27-62(68)64-39-37-58(44-70(64)73)75(57-35-33-54(34-36-57)72-46-49-41-50(47-72)43-51(42-49)48-72)59-38-40-65-63-28-12-14-30-69(63)74(71(65)45-59,56-23-5-2-6-24-56)67-32-16-20-53-18-8-10-26-61(53)67/h1-40,44-45,49-51H,41-43,46-48H2. The number of fused-ring (bicyclic) bond motifs is 8. The van der Waals surface area contributed by atoms with E-state index in [4.69, 9.17) is 0 Å². The van der Waals surface area contributed by atoms with E-state index in [-0.39, 0.29) is 0 Å². The van der Waals surface area contributed by atoms with E-state index in [1.54, 1.807) is 5.56 Å². The van der Waals surface area contributed by atoms with Crippen LogP contribution in [0.1, 0.15) is 88.6 Å². The summed E-state index contributed by atoms with van der Waals surface area (Å²) in [6.07, 6.45) is 8.39. The lowest BCUT2D eigenvalue weighted by atomic mass is 9.48. The average molecular weight is 960 g/mol. The van der Waals surface area contributed by atoms with Gasteiger partial charge in [-0.3, -0.25) is 0 Å². The Kier molecular flexibility index (Phi) is 9.42. The monoisotopic (exact) mass is 959 g/mol. The Morgan fingerprint density at radius 3 is 1.13 bits per heavy atom. The van der Waals surface area contributed by atoms with Crippen LogP contribution in [0.25, 0.3) is 43.8 Å². The predicted molar refractivity (Wildman–Crippen MR) is 311 cm³/mol. The van der Waals surface area contributed by atoms with Crippen molar-refractivity contribution in [1.82, 2.24) is 0 Å². The van der Waals surface area contributed by atoms with Gasteiger partial charge in [-0.1, -0.05) is 218 Å². The topological polar surface area (TPSA) is 3.24 Å². The highest BCUT2D eigenvalue weighted by atomic mass is 15.1. The summed E-state index contributed by atoms with van der Waals surface area (Å²) in [7, 11) is 0. The van der Waals surface area contributed by atoms with E-state index in [0.717, 1.165) is 29.1 Å². The summed E-state index contributed by atoms with van der Waals surface area (Å²) < 4.78 is 0. The Bertz CT molecular complexity index is 3790. The fourth-order valence-electron chi connectivity index (χ4n) is 16.7. The molecule has 0 N–H and O–H groups in total. The van der Waals surface area contributed by atoms with Gasteiger partial charge in [-0.05, 0) is 192 Å². The molecule has 4 saturated carbocycles. The van der Waals surface area contributed by atoms with Crippen LogP contribution in [0.3, 0.4) is 0 Å². The van der Waals surface area contributed by atoms with E-state index >= 15 is 0 Å². The molecular formula is C74H57N. The second-order valence-electron chi connectivity index (χ2n) is 22.9. The second-order valence-corrected chi connectivity index (χ2v) is 22.9. The maximum absolute atomic E-state index is 2.59. The SMILES string of the molecule is c1ccc(C2(c3cccc4ccccc34)c3ccccc3-c3ccc(N(c4ccc(C56CC7CC(CC(C7)C5)C6)cc4)c4ccc5c(c4)C(c4ccccc4)(c4cccc6ccccc46)c4ccccc4-5)cc32)cc1. The van der Waals surface area contributed by atoms with Crippen molar-refractivity contribution in [2.75, 3.05) is 4.90 Å². The van der Waals surface area contributed by atoms with Crippen molar-refractivity contribution in [3.8, 4) is 22.3 Å². The summed E-state index contributed by atoms with van der Waals surface area (Å²) in [6, 6.07) is 97.7. The van der Waals surface area contributed by atoms with E-state index < -0.39 is 10.8 Å². The van der Waals surface area contributed by atoms with Crippen LogP contribution in [0.15, 0.2) is 255 Å². The van der Waals surface area contributed by atoms with E-state index in [1.807, 2.05) is 0 Å². The van der Waals surface area contributed by atoms with Gasteiger partial charge in [0.1, 0.15) is 0 Å². The van der Waals surface area contributed by atoms with Gasteiger partial charge in [0.15, 0.2) is 0 Å². The molecule has 0 heterocycles. The summed E-state index contributed by atoms with van der Waals surface area (Å²) in [6.45, 7) is 0. The predicted octanol–water partition coefficient (Wildman–Crippen LogP) is 18.7. The first kappa shape index (κ1) is 43.2. The Labute approximate surface area is 440 Å². The minimum atomic E-state index is -0.589. The summed E-state index contributed by atoms with van der Waals surface area (Å²) in [4.78, 5) is 2.59. The van der Waals surface area contributed by atoms with Crippen molar-refractivity contribution in [2.45, 2.75) is 54.8 Å². The molecule has 11 aromatic rings. The molecule has 6 aliphatic rings. The van der Waals surface area contributed by atoms with Gasteiger partial charge in [0.2, 0.25) is 0 Å². The van der Waals surface area contributed by atoms with Crippen molar-refractivity contribution in [2.24, 2.45) is 17.8 Å². The molecule has 6 aliphatic carbocycles. The minimum Gasteiger partial charge on any atom is -0.310 e. The molecule has 0 amide bonds. The van der Waals surface area contributed by atoms with E-state index in [2.05, 4.69) is 260 Å². The van der Waals surface area contributed by atoms with Crippen molar-refractivity contribution in [1.29, 1.82) is 0 Å². The highest BCUT2D eigenvalue weighted by Crippen LogP contribution is 2.63. The maximum atomic E-state index is 2.59. The number of benzene rings is 11. The first-order valence-electron chi connectivity index (χ1n) is 27.6. The Morgan fingerprint density at radius 2 is 0.653 bits per heavy atom. The van der Waals surface area contributed by atoms with Crippen LogP contribution < -0.4 is 4.90 Å². The quantitative estimate of drug-likeness (QED) is 0.147. The van der Waals surface area contributed by atoms with Crippen LogP contribution in [-0.2, 0) is 16.2 Å². The highest BCUT2D eigenvalue weighted by molar-refractivity contribution is 5.98. The molecule has 1 nitrogen and oxygen atoms in total. The van der Waals surface area contributed by atoms with Crippen LogP contribution >= 0.6 is 0 Å². The molecule has 2 atom stereocenters. The van der Waals surface area contributed by atoms with Gasteiger partial charge in [-0.25, -0.2) is 0 Å². The second kappa shape index (κ2) is 16.4. The third-order valence-corrected chi connectivity index (χ3v) is 19.2. The molecular weight excluding hydrogens is 903 g/mol. The van der Waals surface area contributed by atoms with Crippen LogP contribution in [0, 0.1) is 17.8 Å². The van der Waals surface area contributed by atoms with Gasteiger partial charge in [0.05, 0.1) is 10.8 Å². The van der Waals surface area contributed by atoms with Gasteiger partial charge in [0, 0.05) is 17.1 Å². The summed E-state index contributed by atoms with van der Waals surface area (Å²) in [5, 5.41) is 5.05. The fourth-order valence-corrected chi connectivity index (χ4v) is 16.7. The minimum absolute atomic E-state index is 0.304. The molecule has 0 radical (unpaired) electrons. The number of rotatable bonds is 8. The normalized spacial score (nSPS) is 23.4. The molecule has 17 rings (SSSR count). The molecule has 358 valence electrons. The number of nitrogens with zero attached hydrogens (tertiary/aromatic N) is 1. The zero-order chi connectivity index (χ0) is 49.3. The maximum Gasteiger partial charge on any atom is 0.0720 e. The fraction of sp³-hybridized carbons (Fsp3) is 0.162. The molecule has 4 bridgehead atoms. The zero-order valence-corrected chi connectivity index (χ0v) is 42.2. The highest BCUT2D eigenvalue weighted by Gasteiger charge is 2.52. The zero-order valence-electron chi connectivity index (χ0n) is 42.2.